The molecule has 0 fully saturated rings. The molecule has 0 bridgehead atoms. The topological polar surface area (TPSA) is 71.3 Å². The maximum Gasteiger partial charge on any atom is 0.244 e. The summed E-state index contributed by atoms with van der Waals surface area (Å²) in [4.78, 5) is 11.2. The Hall–Kier alpha value is -1.94. The third-order valence-electron chi connectivity index (χ3n) is 5.45. The standard InChI is InChI=1S/C21H23BrClN5O2S/c1-3-27(13-16-6-4-5-7-19(16)23)31(29,30)17-10-18(22)21(25-12-17)26-8-9-28-15(2)11-24-20(28)14-26/h4-7,10-12H,3,8-9,13-14H2,1-2H3. The van der Waals surface area contributed by atoms with E-state index in [1.54, 1.807) is 12.1 Å². The fourth-order valence-corrected chi connectivity index (χ4v) is 6.06. The number of nitrogens with zero attached hydrogens (tertiary/aromatic N) is 5. The number of aryl methyl sites for hydroxylation is 1. The lowest BCUT2D eigenvalue weighted by Gasteiger charge is -2.30. The van der Waals surface area contributed by atoms with E-state index in [0.29, 0.717) is 28.4 Å². The van der Waals surface area contributed by atoms with E-state index in [4.69, 9.17) is 11.6 Å². The van der Waals surface area contributed by atoms with Crippen molar-refractivity contribution in [3.05, 3.63) is 69.3 Å². The number of hydrogen-bond donors (Lipinski definition) is 0. The number of sulfonamides is 1. The van der Waals surface area contributed by atoms with Crippen LogP contribution in [-0.4, -0.2) is 40.3 Å². The van der Waals surface area contributed by atoms with Crippen molar-refractivity contribution in [1.82, 2.24) is 18.8 Å². The van der Waals surface area contributed by atoms with Gasteiger partial charge in [0.2, 0.25) is 10.0 Å². The van der Waals surface area contributed by atoms with Gasteiger partial charge in [-0.1, -0.05) is 36.7 Å². The highest BCUT2D eigenvalue weighted by atomic mass is 79.9. The van der Waals surface area contributed by atoms with Crippen molar-refractivity contribution in [2.75, 3.05) is 18.0 Å². The van der Waals surface area contributed by atoms with E-state index in [9.17, 15) is 8.42 Å². The van der Waals surface area contributed by atoms with E-state index in [2.05, 4.69) is 35.4 Å². The second-order valence-electron chi connectivity index (χ2n) is 7.39. The van der Waals surface area contributed by atoms with Crippen LogP contribution in [0.15, 0.2) is 52.1 Å². The minimum atomic E-state index is -3.73. The zero-order valence-electron chi connectivity index (χ0n) is 17.3. The fraction of sp³-hybridized carbons (Fsp3) is 0.333. The van der Waals surface area contributed by atoms with Gasteiger partial charge in [-0.3, -0.25) is 0 Å². The van der Waals surface area contributed by atoms with Gasteiger partial charge < -0.3 is 9.47 Å². The molecule has 0 saturated heterocycles. The molecule has 1 aliphatic heterocycles. The monoisotopic (exact) mass is 523 g/mol. The van der Waals surface area contributed by atoms with Gasteiger partial charge in [-0.2, -0.15) is 4.31 Å². The first-order valence-corrected chi connectivity index (χ1v) is 12.6. The Kier molecular flexibility index (Phi) is 6.39. The molecule has 1 aliphatic rings. The summed E-state index contributed by atoms with van der Waals surface area (Å²) >= 11 is 9.77. The quantitative estimate of drug-likeness (QED) is 0.482. The maximum absolute atomic E-state index is 13.3. The smallest absolute Gasteiger partial charge is 0.244 e. The molecule has 164 valence electrons. The average molecular weight is 525 g/mol. The molecule has 0 atom stereocenters. The molecule has 0 radical (unpaired) electrons. The zero-order chi connectivity index (χ0) is 22.2. The van der Waals surface area contributed by atoms with Gasteiger partial charge in [0.1, 0.15) is 16.5 Å². The van der Waals surface area contributed by atoms with Crippen molar-refractivity contribution >= 4 is 43.4 Å². The van der Waals surface area contributed by atoms with Gasteiger partial charge in [0.25, 0.3) is 0 Å². The summed E-state index contributed by atoms with van der Waals surface area (Å²) in [6.45, 7) is 6.59. The molecule has 7 nitrogen and oxygen atoms in total. The second kappa shape index (κ2) is 8.90. The molecule has 10 heteroatoms. The van der Waals surface area contributed by atoms with Crippen LogP contribution in [-0.2, 0) is 29.7 Å². The Labute approximate surface area is 195 Å². The molecule has 4 rings (SSSR count). The largest absolute Gasteiger partial charge is 0.346 e. The van der Waals surface area contributed by atoms with Gasteiger partial charge in [-0.25, -0.2) is 18.4 Å². The van der Waals surface area contributed by atoms with E-state index in [1.165, 1.54) is 10.5 Å². The van der Waals surface area contributed by atoms with Crippen molar-refractivity contribution in [3.63, 3.8) is 0 Å². The number of aromatic nitrogens is 3. The molecule has 0 unspecified atom stereocenters. The molecule has 3 heterocycles. The summed E-state index contributed by atoms with van der Waals surface area (Å²) in [7, 11) is -3.73. The van der Waals surface area contributed by atoms with Crippen LogP contribution in [0, 0.1) is 6.92 Å². The number of benzene rings is 1. The number of rotatable bonds is 6. The number of hydrogen-bond acceptors (Lipinski definition) is 5. The molecule has 0 N–H and O–H groups in total. The molecule has 1 aromatic carbocycles. The van der Waals surface area contributed by atoms with E-state index < -0.39 is 10.0 Å². The summed E-state index contributed by atoms with van der Waals surface area (Å²) in [6.07, 6.45) is 3.30. The van der Waals surface area contributed by atoms with Crippen LogP contribution < -0.4 is 4.90 Å². The van der Waals surface area contributed by atoms with Gasteiger partial charge >= 0.3 is 0 Å². The summed E-state index contributed by atoms with van der Waals surface area (Å²) in [5, 5.41) is 0.546. The molecule has 3 aromatic rings. The molecule has 31 heavy (non-hydrogen) atoms. The number of imidazole rings is 1. The number of pyridine rings is 1. The first-order chi connectivity index (χ1) is 14.8. The summed E-state index contributed by atoms with van der Waals surface area (Å²) in [6, 6.07) is 8.89. The van der Waals surface area contributed by atoms with Gasteiger partial charge in [-0.05, 0) is 40.5 Å². The molecule has 0 saturated carbocycles. The molecule has 0 spiro atoms. The minimum absolute atomic E-state index is 0.145. The summed E-state index contributed by atoms with van der Waals surface area (Å²) in [5.41, 5.74) is 1.90. The number of fused-ring (bicyclic) bond motifs is 1. The summed E-state index contributed by atoms with van der Waals surface area (Å²) in [5.74, 6) is 1.69. The molecule has 2 aromatic heterocycles. The normalized spacial score (nSPS) is 14.2. The van der Waals surface area contributed by atoms with Crippen molar-refractivity contribution < 1.29 is 8.42 Å². The Morgan fingerprint density at radius 1 is 1.19 bits per heavy atom. The van der Waals surface area contributed by atoms with E-state index >= 15 is 0 Å². The van der Waals surface area contributed by atoms with Crippen LogP contribution in [0.2, 0.25) is 5.02 Å². The van der Waals surface area contributed by atoms with Crippen LogP contribution in [0.4, 0.5) is 5.82 Å². The van der Waals surface area contributed by atoms with E-state index in [-0.39, 0.29) is 11.4 Å². The second-order valence-corrected chi connectivity index (χ2v) is 10.6. The SMILES string of the molecule is CCN(Cc1ccccc1Cl)S(=O)(=O)c1cnc(N2CCn3c(C)cnc3C2)c(Br)c1. The highest BCUT2D eigenvalue weighted by Gasteiger charge is 2.27. The van der Waals surface area contributed by atoms with Crippen LogP contribution in [0.25, 0.3) is 0 Å². The minimum Gasteiger partial charge on any atom is -0.346 e. The Balaban J connectivity index is 1.58. The average Bonchev–Trinajstić information content (AvgIpc) is 3.13. The highest BCUT2D eigenvalue weighted by Crippen LogP contribution is 2.30. The number of halogens is 2. The molecule has 0 amide bonds. The van der Waals surface area contributed by atoms with Crippen LogP contribution in [0.3, 0.4) is 0 Å². The maximum atomic E-state index is 13.3. The van der Waals surface area contributed by atoms with E-state index in [0.717, 1.165) is 30.2 Å². The summed E-state index contributed by atoms with van der Waals surface area (Å²) < 4.78 is 30.8. The highest BCUT2D eigenvalue weighted by molar-refractivity contribution is 9.10. The lowest BCUT2D eigenvalue weighted by atomic mass is 10.2. The molecule has 0 aliphatic carbocycles. The third-order valence-corrected chi connectivity index (χ3v) is 8.29. The molecular weight excluding hydrogens is 502 g/mol. The van der Waals surface area contributed by atoms with E-state index in [1.807, 2.05) is 38.2 Å². The van der Waals surface area contributed by atoms with Crippen LogP contribution in [0.1, 0.15) is 24.0 Å². The van der Waals surface area contributed by atoms with Crippen LogP contribution in [0.5, 0.6) is 0 Å². The van der Waals surface area contributed by atoms with Crippen molar-refractivity contribution in [3.8, 4) is 0 Å². The van der Waals surface area contributed by atoms with Crippen LogP contribution >= 0.6 is 27.5 Å². The predicted molar refractivity (Wildman–Crippen MR) is 125 cm³/mol. The molecular formula is C21H23BrClN5O2S. The van der Waals surface area contributed by atoms with Gasteiger partial charge in [0, 0.05) is 49.3 Å². The first-order valence-electron chi connectivity index (χ1n) is 9.96. The lowest BCUT2D eigenvalue weighted by Crippen LogP contribution is -2.35. The lowest BCUT2D eigenvalue weighted by molar-refractivity contribution is 0.423. The predicted octanol–water partition coefficient (Wildman–Crippen LogP) is 4.23. The Morgan fingerprint density at radius 3 is 2.68 bits per heavy atom. The van der Waals surface area contributed by atoms with Gasteiger partial charge in [0.05, 0.1) is 11.0 Å². The Morgan fingerprint density at radius 2 is 1.97 bits per heavy atom. The Bertz CT molecular complexity index is 1210. The van der Waals surface area contributed by atoms with Crippen molar-refractivity contribution in [2.45, 2.75) is 38.4 Å². The number of anilines is 1. The third kappa shape index (κ3) is 4.37. The first kappa shape index (κ1) is 22.3. The van der Waals surface area contributed by atoms with Crippen molar-refractivity contribution in [2.24, 2.45) is 0 Å². The van der Waals surface area contributed by atoms with Gasteiger partial charge in [-0.15, -0.1) is 0 Å². The zero-order valence-corrected chi connectivity index (χ0v) is 20.5. The fourth-order valence-electron chi connectivity index (χ4n) is 3.71. The van der Waals surface area contributed by atoms with Crippen molar-refractivity contribution in [1.29, 1.82) is 0 Å². The van der Waals surface area contributed by atoms with Gasteiger partial charge in [0.15, 0.2) is 0 Å².